The molecule has 0 aliphatic carbocycles. The molecule has 0 saturated heterocycles. The largest absolute Gasteiger partial charge is 0.508 e. The van der Waals surface area contributed by atoms with Gasteiger partial charge in [0, 0.05) is 16.1 Å². The number of benzene rings is 1. The van der Waals surface area contributed by atoms with E-state index in [0.717, 1.165) is 15.6 Å². The van der Waals surface area contributed by atoms with E-state index in [1.54, 1.807) is 6.07 Å². The number of aromatic hydroxyl groups is 1. The normalized spacial score (nSPS) is 13.0. The van der Waals surface area contributed by atoms with Crippen LogP contribution in [0.15, 0.2) is 16.6 Å². The van der Waals surface area contributed by atoms with Crippen LogP contribution in [0.3, 0.4) is 0 Å². The zero-order chi connectivity index (χ0) is 9.30. The summed E-state index contributed by atoms with van der Waals surface area (Å²) < 4.78 is 0.870. The van der Waals surface area contributed by atoms with Crippen molar-refractivity contribution in [3.63, 3.8) is 0 Å². The molecule has 0 radical (unpaired) electrons. The molecule has 1 unspecified atom stereocenters. The van der Waals surface area contributed by atoms with Crippen molar-refractivity contribution in [2.45, 2.75) is 19.9 Å². The first-order valence-electron chi connectivity index (χ1n) is 3.77. The van der Waals surface area contributed by atoms with Crippen LogP contribution in [-0.4, -0.2) is 5.11 Å². The number of phenolic OH excluding ortho intramolecular Hbond substituents is 1. The van der Waals surface area contributed by atoms with Gasteiger partial charge < -0.3 is 10.8 Å². The summed E-state index contributed by atoms with van der Waals surface area (Å²) in [4.78, 5) is 0. The van der Waals surface area contributed by atoms with Gasteiger partial charge in [0.2, 0.25) is 0 Å². The molecule has 1 aromatic rings. The molecule has 0 amide bonds. The highest BCUT2D eigenvalue weighted by molar-refractivity contribution is 9.10. The smallest absolute Gasteiger partial charge is 0.121 e. The maximum Gasteiger partial charge on any atom is 0.121 e. The highest BCUT2D eigenvalue weighted by Gasteiger charge is 2.10. The summed E-state index contributed by atoms with van der Waals surface area (Å²) in [5.74, 6) is 0.261. The Morgan fingerprint density at radius 2 is 2.08 bits per heavy atom. The Morgan fingerprint density at radius 3 is 2.50 bits per heavy atom. The van der Waals surface area contributed by atoms with Crippen LogP contribution in [0, 0.1) is 6.92 Å². The summed E-state index contributed by atoms with van der Waals surface area (Å²) >= 11 is 3.36. The predicted octanol–water partition coefficient (Wildman–Crippen LogP) is 2.48. The Bertz CT molecular complexity index is 274. The van der Waals surface area contributed by atoms with Crippen molar-refractivity contribution in [1.29, 1.82) is 0 Å². The molecule has 1 rings (SSSR count). The molecule has 3 N–H and O–H groups in total. The van der Waals surface area contributed by atoms with Crippen molar-refractivity contribution in [3.05, 3.63) is 27.7 Å². The van der Waals surface area contributed by atoms with Crippen molar-refractivity contribution in [2.75, 3.05) is 0 Å². The van der Waals surface area contributed by atoms with E-state index in [4.69, 9.17) is 5.73 Å². The van der Waals surface area contributed by atoms with Gasteiger partial charge in [-0.15, -0.1) is 0 Å². The lowest BCUT2D eigenvalue weighted by Crippen LogP contribution is -2.06. The zero-order valence-electron chi connectivity index (χ0n) is 7.13. The van der Waals surface area contributed by atoms with Gasteiger partial charge in [-0.1, -0.05) is 15.9 Å². The molecule has 0 aliphatic rings. The van der Waals surface area contributed by atoms with Gasteiger partial charge in [0.25, 0.3) is 0 Å². The molecule has 0 bridgehead atoms. The van der Waals surface area contributed by atoms with Crippen LogP contribution in [-0.2, 0) is 0 Å². The van der Waals surface area contributed by atoms with Crippen LogP contribution in [0.5, 0.6) is 5.75 Å². The Morgan fingerprint density at radius 1 is 1.50 bits per heavy atom. The first-order valence-corrected chi connectivity index (χ1v) is 4.56. The monoisotopic (exact) mass is 229 g/mol. The van der Waals surface area contributed by atoms with Crippen molar-refractivity contribution >= 4 is 15.9 Å². The Kier molecular flexibility index (Phi) is 2.75. The number of nitrogens with two attached hydrogens (primary N) is 1. The van der Waals surface area contributed by atoms with Gasteiger partial charge in [-0.3, -0.25) is 0 Å². The predicted molar refractivity (Wildman–Crippen MR) is 53.1 cm³/mol. The van der Waals surface area contributed by atoms with Crippen molar-refractivity contribution in [3.8, 4) is 5.75 Å². The second-order valence-corrected chi connectivity index (χ2v) is 3.82. The van der Waals surface area contributed by atoms with E-state index >= 15 is 0 Å². The molecule has 0 fully saturated rings. The van der Waals surface area contributed by atoms with Crippen LogP contribution in [0.1, 0.15) is 24.1 Å². The van der Waals surface area contributed by atoms with E-state index in [1.807, 2.05) is 19.9 Å². The standard InChI is InChI=1S/C9H12BrNO/c1-5-3-7(10)9(6(2)11)8(12)4-5/h3-4,6,12H,11H2,1-2H3. The SMILES string of the molecule is Cc1cc(O)c(C(C)N)c(Br)c1. The zero-order valence-corrected chi connectivity index (χ0v) is 8.72. The number of rotatable bonds is 1. The van der Waals surface area contributed by atoms with Gasteiger partial charge in [0.15, 0.2) is 0 Å². The summed E-state index contributed by atoms with van der Waals surface area (Å²) in [6, 6.07) is 3.50. The fourth-order valence-electron chi connectivity index (χ4n) is 1.19. The van der Waals surface area contributed by atoms with Crippen molar-refractivity contribution in [2.24, 2.45) is 5.73 Å². The topological polar surface area (TPSA) is 46.2 Å². The van der Waals surface area contributed by atoms with Gasteiger partial charge in [-0.05, 0) is 31.5 Å². The Hall–Kier alpha value is -0.540. The number of hydrogen-bond acceptors (Lipinski definition) is 2. The molecular weight excluding hydrogens is 218 g/mol. The third-order valence-electron chi connectivity index (χ3n) is 1.71. The molecule has 0 spiro atoms. The van der Waals surface area contributed by atoms with Crippen LogP contribution >= 0.6 is 15.9 Å². The quantitative estimate of drug-likeness (QED) is 0.778. The molecular formula is C9H12BrNO. The Balaban J connectivity index is 3.28. The minimum absolute atomic E-state index is 0.153. The van der Waals surface area contributed by atoms with Gasteiger partial charge in [-0.25, -0.2) is 0 Å². The minimum atomic E-state index is -0.153. The molecule has 0 aromatic heterocycles. The van der Waals surface area contributed by atoms with Gasteiger partial charge in [0.1, 0.15) is 5.75 Å². The number of hydrogen-bond donors (Lipinski definition) is 2. The molecule has 0 aliphatic heterocycles. The molecule has 0 saturated carbocycles. The minimum Gasteiger partial charge on any atom is -0.508 e. The number of phenols is 1. The second kappa shape index (κ2) is 3.46. The third kappa shape index (κ3) is 1.79. The van der Waals surface area contributed by atoms with Gasteiger partial charge in [-0.2, -0.15) is 0 Å². The lowest BCUT2D eigenvalue weighted by molar-refractivity contribution is 0.462. The average Bonchev–Trinajstić information content (AvgIpc) is 1.82. The maximum absolute atomic E-state index is 9.53. The van der Waals surface area contributed by atoms with Gasteiger partial charge in [0.05, 0.1) is 0 Å². The first kappa shape index (κ1) is 9.55. The van der Waals surface area contributed by atoms with E-state index < -0.39 is 0 Å². The summed E-state index contributed by atoms with van der Waals surface area (Å²) in [5, 5.41) is 9.53. The molecule has 1 aromatic carbocycles. The van der Waals surface area contributed by atoms with E-state index in [2.05, 4.69) is 15.9 Å². The van der Waals surface area contributed by atoms with Crippen molar-refractivity contribution < 1.29 is 5.11 Å². The third-order valence-corrected chi connectivity index (χ3v) is 2.36. The van der Waals surface area contributed by atoms with Crippen LogP contribution < -0.4 is 5.73 Å². The highest BCUT2D eigenvalue weighted by Crippen LogP contribution is 2.31. The molecule has 1 atom stereocenters. The summed E-state index contributed by atoms with van der Waals surface area (Å²) in [7, 11) is 0. The molecule has 3 heteroatoms. The van der Waals surface area contributed by atoms with Crippen LogP contribution in [0.25, 0.3) is 0 Å². The van der Waals surface area contributed by atoms with Crippen LogP contribution in [0.2, 0.25) is 0 Å². The fraction of sp³-hybridized carbons (Fsp3) is 0.333. The highest BCUT2D eigenvalue weighted by atomic mass is 79.9. The number of halogens is 1. The van der Waals surface area contributed by atoms with Crippen LogP contribution in [0.4, 0.5) is 0 Å². The molecule has 12 heavy (non-hydrogen) atoms. The molecule has 0 heterocycles. The first-order chi connectivity index (χ1) is 5.52. The van der Waals surface area contributed by atoms with E-state index in [9.17, 15) is 5.11 Å². The average molecular weight is 230 g/mol. The maximum atomic E-state index is 9.53. The Labute approximate surface area is 80.5 Å². The van der Waals surface area contributed by atoms with E-state index in [0.29, 0.717) is 0 Å². The van der Waals surface area contributed by atoms with Crippen molar-refractivity contribution in [1.82, 2.24) is 0 Å². The summed E-state index contributed by atoms with van der Waals surface area (Å²) in [6.07, 6.45) is 0. The lowest BCUT2D eigenvalue weighted by atomic mass is 10.1. The summed E-state index contributed by atoms with van der Waals surface area (Å²) in [5.41, 5.74) is 7.46. The van der Waals surface area contributed by atoms with E-state index in [1.165, 1.54) is 0 Å². The lowest BCUT2D eigenvalue weighted by Gasteiger charge is -2.11. The van der Waals surface area contributed by atoms with Gasteiger partial charge >= 0.3 is 0 Å². The fourth-order valence-corrected chi connectivity index (χ4v) is 2.11. The number of aryl methyl sites for hydroxylation is 1. The van der Waals surface area contributed by atoms with E-state index in [-0.39, 0.29) is 11.8 Å². The summed E-state index contributed by atoms with van der Waals surface area (Å²) in [6.45, 7) is 3.77. The second-order valence-electron chi connectivity index (χ2n) is 2.97. The molecule has 66 valence electrons. The molecule has 2 nitrogen and oxygen atoms in total.